The number of sulfonamides is 1. The van der Waals surface area contributed by atoms with Gasteiger partial charge in [-0.05, 0) is 31.0 Å². The summed E-state index contributed by atoms with van der Waals surface area (Å²) < 4.78 is 32.3. The summed E-state index contributed by atoms with van der Waals surface area (Å²) in [5.41, 5.74) is 1.69. The molecule has 2 heterocycles. The molecule has 2 aliphatic heterocycles. The average molecular weight is 338 g/mol. The predicted octanol–water partition coefficient (Wildman–Crippen LogP) is 0.925. The summed E-state index contributed by atoms with van der Waals surface area (Å²) in [6.07, 6.45) is 0.697. The van der Waals surface area contributed by atoms with Crippen LogP contribution in [0.5, 0.6) is 0 Å². The Balaban J connectivity index is 1.73. The van der Waals surface area contributed by atoms with Crippen LogP contribution in [0.4, 0.5) is 0 Å². The lowest BCUT2D eigenvalue weighted by Crippen LogP contribution is -2.53. The largest absolute Gasteiger partial charge is 0.464 e. The average Bonchev–Trinajstić information content (AvgIpc) is 2.96. The van der Waals surface area contributed by atoms with E-state index in [2.05, 4.69) is 0 Å². The van der Waals surface area contributed by atoms with Crippen molar-refractivity contribution in [2.75, 3.05) is 32.8 Å². The van der Waals surface area contributed by atoms with E-state index in [9.17, 15) is 13.2 Å². The van der Waals surface area contributed by atoms with Crippen molar-refractivity contribution in [2.24, 2.45) is 0 Å². The first-order chi connectivity index (χ1) is 10.9. The fourth-order valence-electron chi connectivity index (χ4n) is 3.20. The Morgan fingerprint density at radius 2 is 1.83 bits per heavy atom. The van der Waals surface area contributed by atoms with Gasteiger partial charge in [0.15, 0.2) is 0 Å². The molecule has 0 unspecified atom stereocenters. The van der Waals surface area contributed by atoms with Crippen LogP contribution in [0.1, 0.15) is 17.5 Å². The maximum atomic E-state index is 12.9. The minimum Gasteiger partial charge on any atom is -0.464 e. The van der Waals surface area contributed by atoms with Crippen LogP contribution in [0, 0.1) is 13.8 Å². The molecule has 0 saturated carbocycles. The van der Waals surface area contributed by atoms with Gasteiger partial charge in [0.2, 0.25) is 10.0 Å². The van der Waals surface area contributed by atoms with E-state index in [0.29, 0.717) is 44.1 Å². The molecule has 2 fully saturated rings. The fourth-order valence-corrected chi connectivity index (χ4v) is 4.93. The highest BCUT2D eigenvalue weighted by Crippen LogP contribution is 2.24. The third-order valence-corrected chi connectivity index (χ3v) is 6.62. The van der Waals surface area contributed by atoms with Gasteiger partial charge in [-0.25, -0.2) is 8.42 Å². The van der Waals surface area contributed by atoms with Crippen LogP contribution in [0.2, 0.25) is 0 Å². The zero-order chi connectivity index (χ0) is 16.6. The zero-order valence-electron chi connectivity index (χ0n) is 13.5. The third-order valence-electron chi connectivity index (χ3n) is 4.58. The first-order valence-corrected chi connectivity index (χ1v) is 9.32. The number of ether oxygens (including phenoxy) is 1. The highest BCUT2D eigenvalue weighted by Gasteiger charge is 2.36. The molecule has 2 saturated heterocycles. The lowest BCUT2D eigenvalue weighted by atomic mass is 10.2. The van der Waals surface area contributed by atoms with Crippen molar-refractivity contribution >= 4 is 16.0 Å². The molecule has 1 aromatic carbocycles. The second-order valence-corrected chi connectivity index (χ2v) is 8.09. The van der Waals surface area contributed by atoms with E-state index in [1.807, 2.05) is 30.9 Å². The summed E-state index contributed by atoms with van der Waals surface area (Å²) in [6.45, 7) is 6.09. The van der Waals surface area contributed by atoms with Crippen molar-refractivity contribution < 1.29 is 17.9 Å². The molecule has 23 heavy (non-hydrogen) atoms. The van der Waals surface area contributed by atoms with E-state index in [0.717, 1.165) is 11.1 Å². The van der Waals surface area contributed by atoms with Gasteiger partial charge in [0, 0.05) is 32.6 Å². The molecule has 1 atom stereocenters. The Kier molecular flexibility index (Phi) is 4.44. The normalized spacial score (nSPS) is 23.9. The van der Waals surface area contributed by atoms with E-state index < -0.39 is 10.0 Å². The smallest absolute Gasteiger partial charge is 0.323 e. The number of carbonyl (C=O) groups excluding carboxylic acids is 1. The number of cyclic esters (lactones) is 1. The van der Waals surface area contributed by atoms with Crippen molar-refractivity contribution in [2.45, 2.75) is 31.2 Å². The molecule has 6 nitrogen and oxygen atoms in total. The molecular formula is C16H22N2O4S. The van der Waals surface area contributed by atoms with Crippen LogP contribution in [-0.2, 0) is 19.6 Å². The second-order valence-electron chi connectivity index (χ2n) is 6.18. The van der Waals surface area contributed by atoms with Gasteiger partial charge in [0.25, 0.3) is 0 Å². The molecule has 0 N–H and O–H groups in total. The number of benzene rings is 1. The SMILES string of the molecule is Cc1ccc(C)c(S(=O)(=O)N2CCN([C@H]3CCOC3=O)CC2)c1. The standard InChI is InChI=1S/C16H22N2O4S/c1-12-3-4-13(2)15(11-12)23(20,21)18-8-6-17(7-9-18)14-5-10-22-16(14)19/h3-4,11,14H,5-10H2,1-2H3/t14-/m0/s1. The van der Waals surface area contributed by atoms with Gasteiger partial charge in [-0.15, -0.1) is 0 Å². The number of hydrogen-bond acceptors (Lipinski definition) is 5. The van der Waals surface area contributed by atoms with E-state index in [1.165, 1.54) is 4.31 Å². The van der Waals surface area contributed by atoms with E-state index in [4.69, 9.17) is 4.74 Å². The van der Waals surface area contributed by atoms with Crippen molar-refractivity contribution in [3.63, 3.8) is 0 Å². The highest BCUT2D eigenvalue weighted by atomic mass is 32.2. The number of nitrogens with zero attached hydrogens (tertiary/aromatic N) is 2. The molecular weight excluding hydrogens is 316 g/mol. The topological polar surface area (TPSA) is 66.9 Å². The molecule has 1 aromatic rings. The fraction of sp³-hybridized carbons (Fsp3) is 0.562. The van der Waals surface area contributed by atoms with Crippen LogP contribution >= 0.6 is 0 Å². The van der Waals surface area contributed by atoms with E-state index >= 15 is 0 Å². The maximum absolute atomic E-state index is 12.9. The molecule has 0 spiro atoms. The van der Waals surface area contributed by atoms with Crippen molar-refractivity contribution in [1.82, 2.24) is 9.21 Å². The summed E-state index contributed by atoms with van der Waals surface area (Å²) in [6, 6.07) is 5.27. The van der Waals surface area contributed by atoms with E-state index in [1.54, 1.807) is 6.07 Å². The van der Waals surface area contributed by atoms with Crippen LogP contribution in [0.15, 0.2) is 23.1 Å². The van der Waals surface area contributed by atoms with Gasteiger partial charge < -0.3 is 4.74 Å². The van der Waals surface area contributed by atoms with Gasteiger partial charge in [-0.2, -0.15) is 4.31 Å². The third kappa shape index (κ3) is 3.13. The number of piperazine rings is 1. The molecule has 0 bridgehead atoms. The molecule has 2 aliphatic rings. The minimum atomic E-state index is -3.49. The summed E-state index contributed by atoms with van der Waals surface area (Å²) >= 11 is 0. The molecule has 0 amide bonds. The molecule has 3 rings (SSSR count). The van der Waals surface area contributed by atoms with Crippen molar-refractivity contribution in [3.05, 3.63) is 29.3 Å². The summed E-state index contributed by atoms with van der Waals surface area (Å²) in [5.74, 6) is -0.184. The summed E-state index contributed by atoms with van der Waals surface area (Å²) in [7, 11) is -3.49. The van der Waals surface area contributed by atoms with Crippen LogP contribution in [0.25, 0.3) is 0 Å². The summed E-state index contributed by atoms with van der Waals surface area (Å²) in [5, 5.41) is 0. The Bertz CT molecular complexity index is 709. The predicted molar refractivity (Wildman–Crippen MR) is 85.6 cm³/mol. The number of carbonyl (C=O) groups is 1. The molecule has 7 heteroatoms. The molecule has 0 radical (unpaired) electrons. The minimum absolute atomic E-state index is 0.184. The highest BCUT2D eigenvalue weighted by molar-refractivity contribution is 7.89. The Morgan fingerprint density at radius 3 is 2.43 bits per heavy atom. The Morgan fingerprint density at radius 1 is 1.13 bits per heavy atom. The lowest BCUT2D eigenvalue weighted by Gasteiger charge is -2.36. The van der Waals surface area contributed by atoms with Gasteiger partial charge in [-0.1, -0.05) is 12.1 Å². The molecule has 0 aromatic heterocycles. The van der Waals surface area contributed by atoms with E-state index in [-0.39, 0.29) is 12.0 Å². The van der Waals surface area contributed by atoms with Gasteiger partial charge in [-0.3, -0.25) is 9.69 Å². The Labute approximate surface area is 137 Å². The number of esters is 1. The van der Waals surface area contributed by atoms with Crippen LogP contribution in [0.3, 0.4) is 0 Å². The lowest BCUT2D eigenvalue weighted by molar-refractivity contribution is -0.142. The van der Waals surface area contributed by atoms with Crippen molar-refractivity contribution in [3.8, 4) is 0 Å². The quantitative estimate of drug-likeness (QED) is 0.767. The van der Waals surface area contributed by atoms with Gasteiger partial charge >= 0.3 is 5.97 Å². The summed E-state index contributed by atoms with van der Waals surface area (Å²) in [4.78, 5) is 14.1. The van der Waals surface area contributed by atoms with Crippen molar-refractivity contribution in [1.29, 1.82) is 0 Å². The first kappa shape index (κ1) is 16.4. The maximum Gasteiger partial charge on any atom is 0.323 e. The number of rotatable bonds is 3. The van der Waals surface area contributed by atoms with Gasteiger partial charge in [0.05, 0.1) is 11.5 Å². The van der Waals surface area contributed by atoms with Crippen LogP contribution < -0.4 is 0 Å². The Hall–Kier alpha value is -1.44. The first-order valence-electron chi connectivity index (χ1n) is 7.88. The van der Waals surface area contributed by atoms with Crippen LogP contribution in [-0.4, -0.2) is 62.4 Å². The number of aryl methyl sites for hydroxylation is 2. The molecule has 126 valence electrons. The monoisotopic (exact) mass is 338 g/mol. The zero-order valence-corrected chi connectivity index (χ0v) is 14.3. The van der Waals surface area contributed by atoms with Gasteiger partial charge in [0.1, 0.15) is 6.04 Å². The number of hydrogen-bond donors (Lipinski definition) is 0. The second kappa shape index (κ2) is 6.22. The molecule has 0 aliphatic carbocycles.